The normalized spacial score (nSPS) is 22.9. The Morgan fingerprint density at radius 1 is 0.833 bits per heavy atom. The zero-order valence-electron chi connectivity index (χ0n) is 25.7. The number of aromatic amines is 1. The molecule has 1 aromatic heterocycles. The predicted octanol–water partition coefficient (Wildman–Crippen LogP) is 4.46. The van der Waals surface area contributed by atoms with E-state index in [0.29, 0.717) is 33.6 Å². The molecule has 2 aliphatic heterocycles. The number of fused-ring (bicyclic) bond motifs is 4. The van der Waals surface area contributed by atoms with Crippen molar-refractivity contribution in [3.63, 3.8) is 0 Å². The van der Waals surface area contributed by atoms with Crippen molar-refractivity contribution in [2.24, 2.45) is 11.8 Å². The standard InChI is InChI=1S/C38H29N3O7/c1-48-29-13-7-5-11-26(29)32-30-31(38(40-32,37(46)47)17-21-18-39-28-12-6-4-8-22(21)28)36(45)41(35(30)44)19-20-14-15-25-27(16-20)34(43)24-10-3-2-9-23(24)33(25)42/h2-16,18,30-32,39-40H,17,19H2,1H3,(H,46,47). The first-order valence-electron chi connectivity index (χ1n) is 15.6. The molecule has 0 radical (unpaired) electrons. The molecule has 1 aliphatic carbocycles. The number of H-pyrrole nitrogens is 1. The van der Waals surface area contributed by atoms with Gasteiger partial charge in [-0.25, -0.2) is 0 Å². The van der Waals surface area contributed by atoms with Crippen LogP contribution in [0.4, 0.5) is 0 Å². The van der Waals surface area contributed by atoms with E-state index in [9.17, 15) is 29.1 Å². The van der Waals surface area contributed by atoms with Gasteiger partial charge in [0.05, 0.1) is 25.5 Å². The van der Waals surface area contributed by atoms with Crippen LogP contribution in [0.5, 0.6) is 5.75 Å². The molecule has 3 N–H and O–H groups in total. The fourth-order valence-electron chi connectivity index (χ4n) is 7.85. The Labute approximate surface area is 274 Å². The quantitative estimate of drug-likeness (QED) is 0.217. The molecule has 48 heavy (non-hydrogen) atoms. The number of likely N-dealkylation sites (tertiary alicyclic amines) is 1. The second kappa shape index (κ2) is 10.9. The number of amides is 2. The summed E-state index contributed by atoms with van der Waals surface area (Å²) in [5.41, 5.74) is 1.78. The molecular formula is C38H29N3O7. The Morgan fingerprint density at radius 2 is 1.50 bits per heavy atom. The lowest BCUT2D eigenvalue weighted by molar-refractivity contribution is -0.151. The first kappa shape index (κ1) is 29.5. The number of nitrogens with zero attached hydrogens (tertiary/aromatic N) is 1. The topological polar surface area (TPSA) is 146 Å². The van der Waals surface area contributed by atoms with Crippen LogP contribution in [0.2, 0.25) is 0 Å². The van der Waals surface area contributed by atoms with Crippen LogP contribution in [0.15, 0.2) is 97.2 Å². The monoisotopic (exact) mass is 639 g/mol. The molecule has 4 atom stereocenters. The number of imide groups is 1. The van der Waals surface area contributed by atoms with Gasteiger partial charge in [0.2, 0.25) is 11.8 Å². The summed E-state index contributed by atoms with van der Waals surface area (Å²) in [6.45, 7) is -0.192. The van der Waals surface area contributed by atoms with Crippen LogP contribution >= 0.6 is 0 Å². The maximum Gasteiger partial charge on any atom is 0.325 e. The lowest BCUT2D eigenvalue weighted by Gasteiger charge is -2.31. The average molecular weight is 640 g/mol. The largest absolute Gasteiger partial charge is 0.496 e. The third-order valence-corrected chi connectivity index (χ3v) is 10.1. The number of hydrogen-bond donors (Lipinski definition) is 3. The molecule has 3 aliphatic rings. The number of carbonyl (C=O) groups is 5. The summed E-state index contributed by atoms with van der Waals surface area (Å²) < 4.78 is 5.62. The van der Waals surface area contributed by atoms with Crippen molar-refractivity contribution in [2.45, 2.75) is 24.5 Å². The van der Waals surface area contributed by atoms with Crippen molar-refractivity contribution in [1.82, 2.24) is 15.2 Å². The minimum Gasteiger partial charge on any atom is -0.496 e. The van der Waals surface area contributed by atoms with Gasteiger partial charge in [0.25, 0.3) is 0 Å². The number of methoxy groups -OCH3 is 1. The third kappa shape index (κ3) is 4.19. The van der Waals surface area contributed by atoms with Gasteiger partial charge in [-0.2, -0.15) is 0 Å². The molecule has 0 spiro atoms. The summed E-state index contributed by atoms with van der Waals surface area (Å²) in [5.74, 6) is -4.84. The highest BCUT2D eigenvalue weighted by molar-refractivity contribution is 6.28. The molecule has 2 fully saturated rings. The van der Waals surface area contributed by atoms with E-state index in [1.54, 1.807) is 72.9 Å². The Kier molecular flexibility index (Phi) is 6.67. The van der Waals surface area contributed by atoms with Crippen LogP contribution in [0, 0.1) is 11.8 Å². The fourth-order valence-corrected chi connectivity index (χ4v) is 7.85. The Balaban J connectivity index is 1.21. The molecule has 3 heterocycles. The molecule has 10 nitrogen and oxygen atoms in total. The summed E-state index contributed by atoms with van der Waals surface area (Å²) in [4.78, 5) is 73.1. The van der Waals surface area contributed by atoms with Gasteiger partial charge in [0.15, 0.2) is 11.6 Å². The van der Waals surface area contributed by atoms with E-state index >= 15 is 0 Å². The third-order valence-electron chi connectivity index (χ3n) is 10.1. The van der Waals surface area contributed by atoms with Gasteiger partial charge in [-0.05, 0) is 35.4 Å². The molecule has 5 aromatic rings. The van der Waals surface area contributed by atoms with E-state index in [1.165, 1.54) is 7.11 Å². The minimum absolute atomic E-state index is 0.0686. The van der Waals surface area contributed by atoms with Gasteiger partial charge in [0.1, 0.15) is 11.3 Å². The number of para-hydroxylation sites is 2. The van der Waals surface area contributed by atoms with Gasteiger partial charge < -0.3 is 14.8 Å². The van der Waals surface area contributed by atoms with E-state index in [-0.39, 0.29) is 35.7 Å². The van der Waals surface area contributed by atoms with E-state index in [4.69, 9.17) is 4.74 Å². The number of ketones is 2. The number of benzene rings is 4. The van der Waals surface area contributed by atoms with Crippen molar-refractivity contribution in [2.75, 3.05) is 7.11 Å². The highest BCUT2D eigenvalue weighted by Gasteiger charge is 2.68. The Morgan fingerprint density at radius 3 is 2.25 bits per heavy atom. The second-order valence-corrected chi connectivity index (χ2v) is 12.5. The van der Waals surface area contributed by atoms with E-state index in [0.717, 1.165) is 15.8 Å². The second-order valence-electron chi connectivity index (χ2n) is 12.5. The number of aliphatic carboxylic acids is 1. The van der Waals surface area contributed by atoms with Crippen molar-refractivity contribution in [3.05, 3.63) is 136 Å². The number of carboxylic acids is 1. The smallest absolute Gasteiger partial charge is 0.325 e. The van der Waals surface area contributed by atoms with Crippen molar-refractivity contribution < 1.29 is 33.8 Å². The zero-order valence-corrected chi connectivity index (χ0v) is 25.7. The molecule has 0 bridgehead atoms. The maximum atomic E-state index is 14.5. The lowest BCUT2D eigenvalue weighted by atomic mass is 9.76. The van der Waals surface area contributed by atoms with Crippen LogP contribution in [0.1, 0.15) is 54.6 Å². The molecule has 4 unspecified atom stereocenters. The number of hydrogen-bond acceptors (Lipinski definition) is 7. The van der Waals surface area contributed by atoms with Crippen LogP contribution in [0.3, 0.4) is 0 Å². The zero-order chi connectivity index (χ0) is 33.3. The SMILES string of the molecule is COc1ccccc1C1NC(Cc2c[nH]c3ccccc23)(C(=O)O)C2C(=O)N(Cc3ccc4c(c3)C(=O)c3ccccc3C4=O)C(=O)C12. The summed E-state index contributed by atoms with van der Waals surface area (Å²) in [6, 6.07) is 25.0. The summed E-state index contributed by atoms with van der Waals surface area (Å²) in [7, 11) is 1.50. The van der Waals surface area contributed by atoms with Crippen molar-refractivity contribution in [3.8, 4) is 5.75 Å². The van der Waals surface area contributed by atoms with Crippen LogP contribution < -0.4 is 10.1 Å². The van der Waals surface area contributed by atoms with E-state index < -0.39 is 41.2 Å². The highest BCUT2D eigenvalue weighted by atomic mass is 16.5. The number of aromatic nitrogens is 1. The molecule has 2 saturated heterocycles. The highest BCUT2D eigenvalue weighted by Crippen LogP contribution is 2.52. The van der Waals surface area contributed by atoms with Crippen LogP contribution in [-0.4, -0.2) is 57.0 Å². The van der Waals surface area contributed by atoms with E-state index in [2.05, 4.69) is 10.3 Å². The number of carboxylic acid groups (broad SMARTS) is 1. The van der Waals surface area contributed by atoms with Crippen molar-refractivity contribution in [1.29, 1.82) is 0 Å². The van der Waals surface area contributed by atoms with E-state index in [1.807, 2.05) is 24.3 Å². The first-order valence-corrected chi connectivity index (χ1v) is 15.6. The number of nitrogens with one attached hydrogen (secondary N) is 2. The van der Waals surface area contributed by atoms with Crippen LogP contribution in [0.25, 0.3) is 10.9 Å². The first-order chi connectivity index (χ1) is 23.2. The molecule has 4 aromatic carbocycles. The summed E-state index contributed by atoms with van der Waals surface area (Å²) in [6.07, 6.45) is 1.67. The molecule has 8 rings (SSSR count). The lowest BCUT2D eigenvalue weighted by Crippen LogP contribution is -2.57. The minimum atomic E-state index is -1.84. The molecule has 0 saturated carbocycles. The van der Waals surface area contributed by atoms with Gasteiger partial charge in [-0.1, -0.05) is 66.7 Å². The molecule has 238 valence electrons. The number of carbonyl (C=O) groups excluding carboxylic acids is 4. The van der Waals surface area contributed by atoms with Gasteiger partial charge >= 0.3 is 5.97 Å². The molecular weight excluding hydrogens is 610 g/mol. The van der Waals surface area contributed by atoms with Gasteiger partial charge in [-0.15, -0.1) is 0 Å². The van der Waals surface area contributed by atoms with Gasteiger partial charge in [0, 0.05) is 57.4 Å². The van der Waals surface area contributed by atoms with Crippen LogP contribution in [-0.2, 0) is 27.3 Å². The van der Waals surface area contributed by atoms with Gasteiger partial charge in [-0.3, -0.25) is 34.2 Å². The number of rotatable bonds is 7. The summed E-state index contributed by atoms with van der Waals surface area (Å²) in [5, 5.41) is 15.0. The molecule has 10 heteroatoms. The van der Waals surface area contributed by atoms with Crippen molar-refractivity contribution >= 4 is 40.3 Å². The average Bonchev–Trinajstić information content (AvgIpc) is 3.75. The predicted molar refractivity (Wildman–Crippen MR) is 174 cm³/mol. The maximum absolute atomic E-state index is 14.5. The summed E-state index contributed by atoms with van der Waals surface area (Å²) >= 11 is 0. The fraction of sp³-hybridized carbons (Fsp3) is 0.184. The molecule has 2 amide bonds. The Hall–Kier alpha value is -5.87. The number of ether oxygens (including phenoxy) is 1. The Bertz CT molecular complexity index is 2220.